The van der Waals surface area contributed by atoms with Gasteiger partial charge in [0.15, 0.2) is 0 Å². The predicted molar refractivity (Wildman–Crippen MR) is 105 cm³/mol. The van der Waals surface area contributed by atoms with Crippen molar-refractivity contribution < 1.29 is 13.9 Å². The molecule has 5 nitrogen and oxygen atoms in total. The Labute approximate surface area is 166 Å². The fourth-order valence-electron chi connectivity index (χ4n) is 3.06. The maximum absolute atomic E-state index is 14.3. The first-order valence-corrected chi connectivity index (χ1v) is 9.19. The molecule has 2 aromatic heterocycles. The van der Waals surface area contributed by atoms with Crippen LogP contribution >= 0.6 is 11.6 Å². The Morgan fingerprint density at radius 2 is 2.04 bits per heavy atom. The van der Waals surface area contributed by atoms with E-state index in [2.05, 4.69) is 15.3 Å². The van der Waals surface area contributed by atoms with Gasteiger partial charge >= 0.3 is 5.97 Å². The van der Waals surface area contributed by atoms with Gasteiger partial charge in [-0.3, -0.25) is 9.97 Å². The maximum Gasteiger partial charge on any atom is 0.341 e. The number of carbonyl (C=O) groups excluding carboxylic acids is 1. The van der Waals surface area contributed by atoms with E-state index in [9.17, 15) is 9.18 Å². The number of methoxy groups -OCH3 is 1. The average Bonchev–Trinajstić information content (AvgIpc) is 3.55. The number of hydrogen-bond donors (Lipinski definition) is 1. The molecule has 4 rings (SSSR count). The van der Waals surface area contributed by atoms with Crippen molar-refractivity contribution in [3.63, 3.8) is 0 Å². The SMILES string of the molecule is COC(=O)c1cnccc1Nc1cc(-c2cc(Cl)ccc2F)ncc1C1CC1. The summed E-state index contributed by atoms with van der Waals surface area (Å²) in [4.78, 5) is 20.5. The summed E-state index contributed by atoms with van der Waals surface area (Å²) < 4.78 is 19.1. The lowest BCUT2D eigenvalue weighted by Crippen LogP contribution is -2.07. The number of nitrogens with zero attached hydrogens (tertiary/aromatic N) is 2. The summed E-state index contributed by atoms with van der Waals surface area (Å²) in [6.45, 7) is 0. The molecule has 1 aliphatic rings. The van der Waals surface area contributed by atoms with Crippen molar-refractivity contribution in [3.8, 4) is 11.3 Å². The van der Waals surface area contributed by atoms with Gasteiger partial charge in [0.25, 0.3) is 0 Å². The highest BCUT2D eigenvalue weighted by Crippen LogP contribution is 2.44. The van der Waals surface area contributed by atoms with E-state index in [1.54, 1.807) is 30.6 Å². The Hall–Kier alpha value is -2.99. The molecular formula is C21H17ClFN3O2. The molecule has 3 aromatic rings. The molecule has 0 unspecified atom stereocenters. The number of hydrogen-bond acceptors (Lipinski definition) is 5. The molecule has 1 N–H and O–H groups in total. The van der Waals surface area contributed by atoms with Gasteiger partial charge in [-0.1, -0.05) is 11.6 Å². The molecule has 142 valence electrons. The van der Waals surface area contributed by atoms with Gasteiger partial charge in [-0.05, 0) is 54.7 Å². The zero-order valence-corrected chi connectivity index (χ0v) is 15.8. The van der Waals surface area contributed by atoms with Crippen LogP contribution in [0.5, 0.6) is 0 Å². The molecule has 0 bridgehead atoms. The molecule has 7 heteroatoms. The van der Waals surface area contributed by atoms with Crippen LogP contribution < -0.4 is 5.32 Å². The standard InChI is InChI=1S/C21H17ClFN3O2/c1-28-21(27)16-10-24-7-6-18(16)26-20-9-19(25-11-15(20)12-2-3-12)14-8-13(22)4-5-17(14)23/h4-12H,2-3H2,1H3,(H,24,25,26). The number of esters is 1. The Bertz CT molecular complexity index is 1050. The molecule has 1 fully saturated rings. The fraction of sp³-hybridized carbons (Fsp3) is 0.190. The Morgan fingerprint density at radius 1 is 1.21 bits per heavy atom. The van der Waals surface area contributed by atoms with Gasteiger partial charge in [-0.25, -0.2) is 9.18 Å². The summed E-state index contributed by atoms with van der Waals surface area (Å²) in [5, 5.41) is 3.72. The van der Waals surface area contributed by atoms with E-state index in [1.165, 1.54) is 25.4 Å². The first kappa shape index (κ1) is 18.4. The van der Waals surface area contributed by atoms with E-state index in [0.717, 1.165) is 24.1 Å². The lowest BCUT2D eigenvalue weighted by atomic mass is 10.1. The zero-order valence-electron chi connectivity index (χ0n) is 15.1. The molecule has 0 radical (unpaired) electrons. The molecule has 1 aliphatic carbocycles. The molecule has 2 heterocycles. The Kier molecular flexibility index (Phi) is 4.96. The van der Waals surface area contributed by atoms with E-state index in [-0.39, 0.29) is 0 Å². The van der Waals surface area contributed by atoms with E-state index in [0.29, 0.717) is 33.4 Å². The van der Waals surface area contributed by atoms with Crippen molar-refractivity contribution in [2.24, 2.45) is 0 Å². The Balaban J connectivity index is 1.78. The zero-order chi connectivity index (χ0) is 19.7. The first-order chi connectivity index (χ1) is 13.6. The predicted octanol–water partition coefficient (Wildman–Crippen LogP) is 5.34. The van der Waals surface area contributed by atoms with E-state index in [4.69, 9.17) is 16.3 Å². The smallest absolute Gasteiger partial charge is 0.341 e. The number of ether oxygens (including phenoxy) is 1. The maximum atomic E-state index is 14.3. The van der Waals surface area contributed by atoms with Gasteiger partial charge < -0.3 is 10.1 Å². The molecule has 1 aromatic carbocycles. The van der Waals surface area contributed by atoms with Gasteiger partial charge in [-0.2, -0.15) is 0 Å². The number of pyridine rings is 2. The summed E-state index contributed by atoms with van der Waals surface area (Å²) in [7, 11) is 1.32. The minimum atomic E-state index is -0.487. The van der Waals surface area contributed by atoms with Crippen LogP contribution in [0.2, 0.25) is 5.02 Å². The molecule has 1 saturated carbocycles. The van der Waals surface area contributed by atoms with Crippen molar-refractivity contribution in [2.75, 3.05) is 12.4 Å². The second-order valence-corrected chi connectivity index (χ2v) is 7.03. The normalized spacial score (nSPS) is 13.2. The molecule has 0 aliphatic heterocycles. The van der Waals surface area contributed by atoms with Gasteiger partial charge in [0, 0.05) is 34.9 Å². The number of carbonyl (C=O) groups is 1. The minimum absolute atomic E-state index is 0.319. The number of halogens is 2. The van der Waals surface area contributed by atoms with E-state index < -0.39 is 11.8 Å². The van der Waals surface area contributed by atoms with Crippen LogP contribution in [0.3, 0.4) is 0 Å². The third kappa shape index (κ3) is 3.68. The van der Waals surface area contributed by atoms with Crippen molar-refractivity contribution in [1.82, 2.24) is 9.97 Å². The first-order valence-electron chi connectivity index (χ1n) is 8.81. The van der Waals surface area contributed by atoms with Crippen LogP contribution in [-0.2, 0) is 4.74 Å². The molecule has 28 heavy (non-hydrogen) atoms. The van der Waals surface area contributed by atoms with Crippen LogP contribution in [0.15, 0.2) is 48.9 Å². The van der Waals surface area contributed by atoms with Crippen molar-refractivity contribution in [2.45, 2.75) is 18.8 Å². The van der Waals surface area contributed by atoms with Gasteiger partial charge in [0.1, 0.15) is 11.4 Å². The Morgan fingerprint density at radius 3 is 2.79 bits per heavy atom. The van der Waals surface area contributed by atoms with E-state index in [1.807, 2.05) is 0 Å². The summed E-state index contributed by atoms with van der Waals surface area (Å²) in [6.07, 6.45) is 6.94. The van der Waals surface area contributed by atoms with Gasteiger partial charge in [0.2, 0.25) is 0 Å². The lowest BCUT2D eigenvalue weighted by Gasteiger charge is -2.15. The van der Waals surface area contributed by atoms with Gasteiger partial charge in [-0.15, -0.1) is 0 Å². The third-order valence-corrected chi connectivity index (χ3v) is 4.89. The summed E-state index contributed by atoms with van der Waals surface area (Å²) in [5.41, 5.74) is 3.45. The number of rotatable bonds is 5. The molecule has 0 amide bonds. The second-order valence-electron chi connectivity index (χ2n) is 6.59. The molecular weight excluding hydrogens is 381 g/mol. The molecule has 0 spiro atoms. The van der Waals surface area contributed by atoms with Crippen LogP contribution in [-0.4, -0.2) is 23.0 Å². The molecule has 0 atom stereocenters. The highest BCUT2D eigenvalue weighted by Gasteiger charge is 2.27. The minimum Gasteiger partial charge on any atom is -0.465 e. The van der Waals surface area contributed by atoms with Crippen LogP contribution in [0, 0.1) is 5.82 Å². The van der Waals surface area contributed by atoms with Crippen molar-refractivity contribution >= 4 is 28.9 Å². The largest absolute Gasteiger partial charge is 0.465 e. The van der Waals surface area contributed by atoms with Crippen molar-refractivity contribution in [1.29, 1.82) is 0 Å². The highest BCUT2D eigenvalue weighted by atomic mass is 35.5. The van der Waals surface area contributed by atoms with E-state index >= 15 is 0 Å². The summed E-state index contributed by atoms with van der Waals surface area (Å²) in [5.74, 6) is -0.489. The second kappa shape index (κ2) is 7.56. The highest BCUT2D eigenvalue weighted by molar-refractivity contribution is 6.30. The van der Waals surface area contributed by atoms with Crippen LogP contribution in [0.4, 0.5) is 15.8 Å². The van der Waals surface area contributed by atoms with Crippen LogP contribution in [0.25, 0.3) is 11.3 Å². The lowest BCUT2D eigenvalue weighted by molar-refractivity contribution is 0.0601. The third-order valence-electron chi connectivity index (χ3n) is 4.65. The topological polar surface area (TPSA) is 64.1 Å². The molecule has 0 saturated heterocycles. The number of nitrogens with one attached hydrogen (secondary N) is 1. The average molecular weight is 398 g/mol. The quantitative estimate of drug-likeness (QED) is 0.588. The van der Waals surface area contributed by atoms with Crippen molar-refractivity contribution in [3.05, 3.63) is 70.9 Å². The monoisotopic (exact) mass is 397 g/mol. The van der Waals surface area contributed by atoms with Gasteiger partial charge in [0.05, 0.1) is 18.5 Å². The number of aromatic nitrogens is 2. The summed E-state index contributed by atoms with van der Waals surface area (Å²) >= 11 is 6.03. The number of anilines is 2. The van der Waals surface area contributed by atoms with Crippen LogP contribution in [0.1, 0.15) is 34.7 Å². The fourth-order valence-corrected chi connectivity index (χ4v) is 3.23. The number of benzene rings is 1. The summed E-state index contributed by atoms with van der Waals surface area (Å²) in [6, 6.07) is 7.84.